The lowest BCUT2D eigenvalue weighted by molar-refractivity contribution is -0.138. The van der Waals surface area contributed by atoms with Crippen molar-refractivity contribution in [2.45, 2.75) is 37.9 Å². The highest BCUT2D eigenvalue weighted by Gasteiger charge is 2.36. The number of rotatable bonds is 7. The summed E-state index contributed by atoms with van der Waals surface area (Å²) in [6, 6.07) is 3.93. The molecule has 2 rings (SSSR count). The minimum atomic E-state index is -4.40. The van der Waals surface area contributed by atoms with Crippen molar-refractivity contribution in [3.8, 4) is 0 Å². The van der Waals surface area contributed by atoms with Crippen LogP contribution in [-0.2, 0) is 6.18 Å². The molecule has 1 aliphatic rings. The minimum Gasteiger partial charge on any atom is -0.314 e. The van der Waals surface area contributed by atoms with Crippen molar-refractivity contribution < 1.29 is 13.2 Å². The van der Waals surface area contributed by atoms with Gasteiger partial charge in [0.25, 0.3) is 0 Å². The Balaban J connectivity index is 2.29. The molecule has 1 saturated heterocycles. The maximum Gasteiger partial charge on any atom is 0.416 e. The smallest absolute Gasteiger partial charge is 0.314 e. The molecule has 0 bridgehead atoms. The van der Waals surface area contributed by atoms with Gasteiger partial charge in [-0.15, -0.1) is 6.58 Å². The summed E-state index contributed by atoms with van der Waals surface area (Å²) < 4.78 is 40.5. The van der Waals surface area contributed by atoms with Crippen LogP contribution in [0, 0.1) is 0 Å². The number of piperazine rings is 1. The number of hydrogen-bond donors (Lipinski definition) is 1. The Kier molecular flexibility index (Phi) is 7.14. The molecule has 6 heteroatoms. The van der Waals surface area contributed by atoms with Gasteiger partial charge in [0.15, 0.2) is 0 Å². The highest BCUT2D eigenvalue weighted by atomic mass is 35.5. The molecule has 0 aliphatic carbocycles. The molecule has 0 unspecified atom stereocenters. The highest BCUT2D eigenvalue weighted by Crippen LogP contribution is 2.39. The molecule has 2 nitrogen and oxygen atoms in total. The van der Waals surface area contributed by atoms with Gasteiger partial charge >= 0.3 is 6.18 Å². The van der Waals surface area contributed by atoms with E-state index in [4.69, 9.17) is 11.6 Å². The summed E-state index contributed by atoms with van der Waals surface area (Å²) in [7, 11) is 0. The van der Waals surface area contributed by atoms with Gasteiger partial charge in [0.05, 0.1) is 5.56 Å². The van der Waals surface area contributed by atoms with Gasteiger partial charge in [-0.3, -0.25) is 4.90 Å². The number of hydrogen-bond acceptors (Lipinski definition) is 2. The van der Waals surface area contributed by atoms with Crippen LogP contribution in [0.2, 0.25) is 5.02 Å². The fraction of sp³-hybridized carbons (Fsp3) is 0.556. The summed E-state index contributed by atoms with van der Waals surface area (Å²) in [5.41, 5.74) is -0.269. The van der Waals surface area contributed by atoms with E-state index in [-0.39, 0.29) is 11.1 Å². The minimum absolute atomic E-state index is 0.122. The average Bonchev–Trinajstić information content (AvgIpc) is 2.55. The Labute approximate surface area is 146 Å². The average molecular weight is 361 g/mol. The normalized spacial score (nSPS) is 17.7. The van der Waals surface area contributed by atoms with Crippen LogP contribution in [0.15, 0.2) is 30.9 Å². The van der Waals surface area contributed by atoms with Gasteiger partial charge in [0.1, 0.15) is 0 Å². The van der Waals surface area contributed by atoms with Crippen LogP contribution in [0.3, 0.4) is 0 Å². The second-order valence-electron chi connectivity index (χ2n) is 6.10. The predicted molar refractivity (Wildman–Crippen MR) is 92.3 cm³/mol. The number of nitrogens with zero attached hydrogens (tertiary/aromatic N) is 1. The molecule has 134 valence electrons. The van der Waals surface area contributed by atoms with Crippen LogP contribution in [0.5, 0.6) is 0 Å². The van der Waals surface area contributed by atoms with Crippen molar-refractivity contribution in [1.29, 1.82) is 0 Å². The number of nitrogens with one attached hydrogen (secondary N) is 1. The van der Waals surface area contributed by atoms with Crippen molar-refractivity contribution in [1.82, 2.24) is 10.2 Å². The van der Waals surface area contributed by atoms with Crippen LogP contribution in [-0.4, -0.2) is 31.1 Å². The summed E-state index contributed by atoms with van der Waals surface area (Å²) in [5.74, 6) is 0. The quantitative estimate of drug-likeness (QED) is 0.540. The van der Waals surface area contributed by atoms with Gasteiger partial charge in [-0.05, 0) is 37.0 Å². The van der Waals surface area contributed by atoms with Gasteiger partial charge in [-0.1, -0.05) is 30.2 Å². The summed E-state index contributed by atoms with van der Waals surface area (Å²) in [4.78, 5) is 2.16. The first-order valence-electron chi connectivity index (χ1n) is 8.36. The maximum atomic E-state index is 13.5. The molecule has 24 heavy (non-hydrogen) atoms. The molecular formula is C18H24ClF3N2. The van der Waals surface area contributed by atoms with Gasteiger partial charge in [0, 0.05) is 37.2 Å². The van der Waals surface area contributed by atoms with Crippen LogP contribution >= 0.6 is 11.6 Å². The largest absolute Gasteiger partial charge is 0.416 e. The Morgan fingerprint density at radius 3 is 2.58 bits per heavy atom. The Bertz CT molecular complexity index is 540. The molecule has 1 aromatic rings. The van der Waals surface area contributed by atoms with Crippen molar-refractivity contribution in [3.05, 3.63) is 47.0 Å². The molecule has 1 fully saturated rings. The molecule has 1 atom stereocenters. The van der Waals surface area contributed by atoms with Gasteiger partial charge in [-0.2, -0.15) is 13.2 Å². The molecule has 1 aromatic carbocycles. The van der Waals surface area contributed by atoms with Crippen LogP contribution < -0.4 is 5.32 Å². The van der Waals surface area contributed by atoms with E-state index < -0.39 is 11.7 Å². The number of halogens is 4. The fourth-order valence-electron chi connectivity index (χ4n) is 3.22. The maximum absolute atomic E-state index is 13.5. The molecular weight excluding hydrogens is 337 g/mol. The van der Waals surface area contributed by atoms with Gasteiger partial charge < -0.3 is 5.32 Å². The zero-order valence-corrected chi connectivity index (χ0v) is 14.5. The number of alkyl halides is 3. The predicted octanol–water partition coefficient (Wildman–Crippen LogP) is 5.05. The van der Waals surface area contributed by atoms with Gasteiger partial charge in [0.2, 0.25) is 0 Å². The molecule has 0 radical (unpaired) electrons. The summed E-state index contributed by atoms with van der Waals surface area (Å²) in [5, 5.41) is 3.38. The highest BCUT2D eigenvalue weighted by molar-refractivity contribution is 6.30. The van der Waals surface area contributed by atoms with Crippen molar-refractivity contribution >= 4 is 11.6 Å². The van der Waals surface area contributed by atoms with Gasteiger partial charge in [-0.25, -0.2) is 0 Å². The first-order chi connectivity index (χ1) is 11.4. The van der Waals surface area contributed by atoms with E-state index in [2.05, 4.69) is 16.8 Å². The molecule has 1 heterocycles. The first-order valence-corrected chi connectivity index (χ1v) is 8.73. The molecule has 0 amide bonds. The summed E-state index contributed by atoms with van der Waals surface area (Å²) >= 11 is 5.82. The second-order valence-corrected chi connectivity index (χ2v) is 6.54. The third-order valence-corrected chi connectivity index (χ3v) is 4.64. The van der Waals surface area contributed by atoms with Crippen LogP contribution in [0.25, 0.3) is 0 Å². The molecule has 1 aliphatic heterocycles. The monoisotopic (exact) mass is 360 g/mol. The van der Waals surface area contributed by atoms with Crippen LogP contribution in [0.4, 0.5) is 13.2 Å². The van der Waals surface area contributed by atoms with E-state index in [1.807, 2.05) is 6.08 Å². The van der Waals surface area contributed by atoms with E-state index in [9.17, 15) is 13.2 Å². The first kappa shape index (κ1) is 19.3. The number of benzene rings is 1. The number of unbranched alkanes of at least 4 members (excludes halogenated alkanes) is 2. The fourth-order valence-corrected chi connectivity index (χ4v) is 3.39. The molecule has 0 aromatic heterocycles. The molecule has 0 saturated carbocycles. The van der Waals surface area contributed by atoms with E-state index in [1.165, 1.54) is 0 Å². The van der Waals surface area contributed by atoms with Crippen molar-refractivity contribution in [2.75, 3.05) is 26.2 Å². The summed E-state index contributed by atoms with van der Waals surface area (Å²) in [6.45, 7) is 6.82. The van der Waals surface area contributed by atoms with E-state index in [0.29, 0.717) is 12.0 Å². The van der Waals surface area contributed by atoms with Crippen molar-refractivity contribution in [3.63, 3.8) is 0 Å². The lowest BCUT2D eigenvalue weighted by Crippen LogP contribution is -2.45. The second kappa shape index (κ2) is 8.88. The lowest BCUT2D eigenvalue weighted by atomic mass is 9.93. The van der Waals surface area contributed by atoms with Crippen molar-refractivity contribution in [2.24, 2.45) is 0 Å². The molecule has 1 N–H and O–H groups in total. The lowest BCUT2D eigenvalue weighted by Gasteiger charge is -2.36. The van der Waals surface area contributed by atoms with E-state index >= 15 is 0 Å². The topological polar surface area (TPSA) is 15.3 Å². The van der Waals surface area contributed by atoms with Crippen LogP contribution in [0.1, 0.15) is 42.9 Å². The SMILES string of the molecule is C=CCCCC[C@@H](c1ccc(Cl)cc1C(F)(F)F)N1CCNCC1. The summed E-state index contributed by atoms with van der Waals surface area (Å²) in [6.07, 6.45) is 0.873. The number of allylic oxidation sites excluding steroid dienone is 1. The molecule has 0 spiro atoms. The third kappa shape index (κ3) is 5.23. The zero-order valence-electron chi connectivity index (χ0n) is 13.7. The Hall–Kier alpha value is -1.04. The Morgan fingerprint density at radius 2 is 1.96 bits per heavy atom. The van der Waals surface area contributed by atoms with E-state index in [1.54, 1.807) is 12.1 Å². The zero-order chi connectivity index (χ0) is 17.6. The Morgan fingerprint density at radius 1 is 1.25 bits per heavy atom. The van der Waals surface area contributed by atoms with E-state index in [0.717, 1.165) is 51.5 Å². The third-order valence-electron chi connectivity index (χ3n) is 4.41. The standard InChI is InChI=1S/C18H24ClF3N2/c1-2-3-4-5-6-17(24-11-9-23-10-12-24)15-8-7-14(19)13-16(15)18(20,21)22/h2,7-8,13,17,23H,1,3-6,9-12H2/t17-/m0/s1.